The van der Waals surface area contributed by atoms with Crippen LogP contribution in [0.4, 0.5) is 0 Å². The summed E-state index contributed by atoms with van der Waals surface area (Å²) in [7, 11) is 0. The Morgan fingerprint density at radius 3 is 2.65 bits per heavy atom. The highest BCUT2D eigenvalue weighted by Gasteiger charge is 2.19. The number of aromatic nitrogens is 2. The number of likely N-dealkylation sites (tertiary alicyclic amines) is 1. The molecule has 0 aliphatic carbocycles. The molecule has 5 nitrogen and oxygen atoms in total. The number of nitrogens with zero attached hydrogens (tertiary/aromatic N) is 3. The Morgan fingerprint density at radius 1 is 1.35 bits per heavy atom. The van der Waals surface area contributed by atoms with Gasteiger partial charge in [-0.1, -0.05) is 23.2 Å². The Kier molecular flexibility index (Phi) is 3.69. The van der Waals surface area contributed by atoms with E-state index in [0.29, 0.717) is 0 Å². The molecule has 1 aromatic heterocycles. The van der Waals surface area contributed by atoms with Crippen molar-refractivity contribution in [3.8, 4) is 0 Å². The maximum absolute atomic E-state index is 11.8. The normalized spacial score (nSPS) is 15.3. The van der Waals surface area contributed by atoms with E-state index in [0.717, 1.165) is 30.6 Å². The van der Waals surface area contributed by atoms with E-state index in [2.05, 4.69) is 5.10 Å². The van der Waals surface area contributed by atoms with Gasteiger partial charge in [0.05, 0.1) is 11.2 Å². The molecule has 1 amide bonds. The Bertz CT molecular complexity index is 495. The lowest BCUT2D eigenvalue weighted by Gasteiger charge is -2.15. The maximum Gasteiger partial charge on any atom is 0.287 e. The van der Waals surface area contributed by atoms with Crippen LogP contribution in [0.2, 0.25) is 10.0 Å². The summed E-state index contributed by atoms with van der Waals surface area (Å²) < 4.78 is 1.04. The molecular weight excluding hydrogens is 265 g/mol. The van der Waals surface area contributed by atoms with Gasteiger partial charge in [-0.2, -0.15) is 5.10 Å². The predicted molar refractivity (Wildman–Crippen MR) is 64.3 cm³/mol. The van der Waals surface area contributed by atoms with Crippen LogP contribution in [0.1, 0.15) is 12.8 Å². The molecule has 0 N–H and O–H groups in total. The molecule has 1 aliphatic heterocycles. The van der Waals surface area contributed by atoms with Gasteiger partial charge >= 0.3 is 0 Å². The maximum atomic E-state index is 11.8. The van der Waals surface area contributed by atoms with Crippen LogP contribution in [0.25, 0.3) is 0 Å². The average Bonchev–Trinajstić information content (AvgIpc) is 2.83. The van der Waals surface area contributed by atoms with Gasteiger partial charge in [-0.3, -0.25) is 9.59 Å². The van der Waals surface area contributed by atoms with Crippen molar-refractivity contribution < 1.29 is 4.79 Å². The quantitative estimate of drug-likeness (QED) is 0.814. The van der Waals surface area contributed by atoms with Gasteiger partial charge in [-0.15, -0.1) is 0 Å². The van der Waals surface area contributed by atoms with Gasteiger partial charge in [0.2, 0.25) is 5.91 Å². The summed E-state index contributed by atoms with van der Waals surface area (Å²) in [5.41, 5.74) is -0.535. The van der Waals surface area contributed by atoms with Crippen molar-refractivity contribution in [2.75, 3.05) is 13.1 Å². The van der Waals surface area contributed by atoms with E-state index in [1.165, 1.54) is 6.20 Å². The molecule has 1 aliphatic rings. The van der Waals surface area contributed by atoms with Crippen molar-refractivity contribution in [1.29, 1.82) is 0 Å². The second kappa shape index (κ2) is 5.06. The van der Waals surface area contributed by atoms with Crippen molar-refractivity contribution in [1.82, 2.24) is 14.7 Å². The zero-order chi connectivity index (χ0) is 12.4. The van der Waals surface area contributed by atoms with E-state index in [4.69, 9.17) is 23.2 Å². The number of rotatable bonds is 2. The lowest BCUT2D eigenvalue weighted by atomic mass is 10.4. The number of hydrogen-bond donors (Lipinski definition) is 0. The van der Waals surface area contributed by atoms with Gasteiger partial charge < -0.3 is 4.90 Å². The van der Waals surface area contributed by atoms with Gasteiger partial charge in [0.1, 0.15) is 11.6 Å². The van der Waals surface area contributed by atoms with Crippen molar-refractivity contribution >= 4 is 29.1 Å². The van der Waals surface area contributed by atoms with Crippen LogP contribution in [0.3, 0.4) is 0 Å². The van der Waals surface area contributed by atoms with Crippen LogP contribution in [-0.4, -0.2) is 33.7 Å². The molecule has 0 spiro atoms. The van der Waals surface area contributed by atoms with Crippen LogP contribution in [-0.2, 0) is 11.3 Å². The minimum atomic E-state index is -0.535. The zero-order valence-electron chi connectivity index (χ0n) is 9.03. The van der Waals surface area contributed by atoms with Crippen molar-refractivity contribution in [3.63, 3.8) is 0 Å². The molecule has 2 heterocycles. The average molecular weight is 276 g/mol. The Morgan fingerprint density at radius 2 is 2.00 bits per heavy atom. The third-order valence-electron chi connectivity index (χ3n) is 2.69. The summed E-state index contributed by atoms with van der Waals surface area (Å²) >= 11 is 11.3. The van der Waals surface area contributed by atoms with E-state index in [-0.39, 0.29) is 22.5 Å². The lowest BCUT2D eigenvalue weighted by molar-refractivity contribution is -0.131. The van der Waals surface area contributed by atoms with E-state index < -0.39 is 5.56 Å². The van der Waals surface area contributed by atoms with Gasteiger partial charge in [-0.05, 0) is 12.8 Å². The summed E-state index contributed by atoms with van der Waals surface area (Å²) in [5, 5.41) is 3.79. The van der Waals surface area contributed by atoms with E-state index in [1.54, 1.807) is 4.90 Å². The molecule has 0 unspecified atom stereocenters. The minimum absolute atomic E-state index is 0.0876. The molecule has 2 rings (SSSR count). The Hall–Kier alpha value is -1.07. The molecule has 0 atom stereocenters. The first-order valence-corrected chi connectivity index (χ1v) is 6.04. The number of carbonyl (C=O) groups excluding carboxylic acids is 1. The predicted octanol–water partition coefficient (Wildman–Crippen LogP) is 1.17. The molecule has 17 heavy (non-hydrogen) atoms. The molecule has 92 valence electrons. The summed E-state index contributed by atoms with van der Waals surface area (Å²) in [6.07, 6.45) is 3.29. The topological polar surface area (TPSA) is 55.2 Å². The lowest BCUT2D eigenvalue weighted by Crippen LogP contribution is -2.35. The summed E-state index contributed by atoms with van der Waals surface area (Å²) in [5.74, 6) is -0.115. The van der Waals surface area contributed by atoms with E-state index in [1.807, 2.05) is 0 Å². The third kappa shape index (κ3) is 2.61. The fraction of sp³-hybridized carbons (Fsp3) is 0.500. The highest BCUT2D eigenvalue weighted by molar-refractivity contribution is 6.41. The van der Waals surface area contributed by atoms with Crippen molar-refractivity contribution in [2.45, 2.75) is 19.4 Å². The molecule has 7 heteroatoms. The highest BCUT2D eigenvalue weighted by Crippen LogP contribution is 2.14. The minimum Gasteiger partial charge on any atom is -0.341 e. The molecule has 1 fully saturated rings. The van der Waals surface area contributed by atoms with Gasteiger partial charge in [0.25, 0.3) is 5.56 Å². The van der Waals surface area contributed by atoms with Gasteiger partial charge in [0, 0.05) is 13.1 Å². The molecule has 0 aromatic carbocycles. The number of carbonyl (C=O) groups is 1. The first-order valence-electron chi connectivity index (χ1n) is 5.28. The zero-order valence-corrected chi connectivity index (χ0v) is 10.5. The fourth-order valence-corrected chi connectivity index (χ4v) is 2.02. The number of amides is 1. The standard InChI is InChI=1S/C10H11Cl2N3O2/c11-7-5-13-15(10(17)9(7)12)6-8(16)14-3-1-2-4-14/h5H,1-4,6H2. The fourth-order valence-electron chi connectivity index (χ4n) is 1.75. The third-order valence-corrected chi connectivity index (χ3v) is 3.43. The van der Waals surface area contributed by atoms with Crippen LogP contribution in [0.5, 0.6) is 0 Å². The van der Waals surface area contributed by atoms with Crippen LogP contribution in [0, 0.1) is 0 Å². The smallest absolute Gasteiger partial charge is 0.287 e. The molecule has 0 radical (unpaired) electrons. The van der Waals surface area contributed by atoms with Crippen LogP contribution in [0.15, 0.2) is 11.0 Å². The van der Waals surface area contributed by atoms with Crippen LogP contribution >= 0.6 is 23.2 Å². The first kappa shape index (κ1) is 12.4. The monoisotopic (exact) mass is 275 g/mol. The summed E-state index contributed by atoms with van der Waals surface area (Å²) in [4.78, 5) is 25.2. The Labute approximate surface area is 108 Å². The largest absolute Gasteiger partial charge is 0.341 e. The first-order chi connectivity index (χ1) is 8.09. The number of hydrogen-bond acceptors (Lipinski definition) is 3. The molecular formula is C10H11Cl2N3O2. The summed E-state index contributed by atoms with van der Waals surface area (Å²) in [6.45, 7) is 1.40. The Balaban J connectivity index is 2.16. The SMILES string of the molecule is O=C(Cn1ncc(Cl)c(Cl)c1=O)N1CCCC1. The second-order valence-corrected chi connectivity index (χ2v) is 4.64. The molecule has 0 saturated carbocycles. The molecule has 0 bridgehead atoms. The van der Waals surface area contributed by atoms with Crippen molar-refractivity contribution in [3.05, 3.63) is 26.6 Å². The van der Waals surface area contributed by atoms with Crippen LogP contribution < -0.4 is 5.56 Å². The molecule has 1 aromatic rings. The van der Waals surface area contributed by atoms with Crippen molar-refractivity contribution in [2.24, 2.45) is 0 Å². The highest BCUT2D eigenvalue weighted by atomic mass is 35.5. The van der Waals surface area contributed by atoms with Gasteiger partial charge in [0.15, 0.2) is 0 Å². The molecule has 1 saturated heterocycles. The van der Waals surface area contributed by atoms with Gasteiger partial charge in [-0.25, -0.2) is 4.68 Å². The number of halogens is 2. The van der Waals surface area contributed by atoms with E-state index in [9.17, 15) is 9.59 Å². The second-order valence-electron chi connectivity index (χ2n) is 3.86. The summed E-state index contributed by atoms with van der Waals surface area (Å²) in [6, 6.07) is 0. The van der Waals surface area contributed by atoms with E-state index >= 15 is 0 Å².